The number of para-hydroxylation sites is 1. The van der Waals surface area contributed by atoms with Gasteiger partial charge in [-0.3, -0.25) is 14.8 Å². The molecule has 0 radical (unpaired) electrons. The number of ether oxygens (including phenoxy) is 1. The Balaban J connectivity index is 1.47. The maximum atomic E-state index is 13.4. The number of nitrogens with one attached hydrogen (secondary N) is 1. The third-order valence-electron chi connectivity index (χ3n) is 6.08. The average Bonchev–Trinajstić information content (AvgIpc) is 3.21. The van der Waals surface area contributed by atoms with Gasteiger partial charge in [-0.15, -0.1) is 0 Å². The fraction of sp³-hybridized carbons (Fsp3) is 0.269. The minimum Gasteiger partial charge on any atom is -0.482 e. The van der Waals surface area contributed by atoms with Crippen molar-refractivity contribution in [1.29, 1.82) is 0 Å². The molecule has 1 atom stereocenters. The van der Waals surface area contributed by atoms with Gasteiger partial charge < -0.3 is 14.6 Å². The molecule has 0 spiro atoms. The van der Waals surface area contributed by atoms with E-state index in [2.05, 4.69) is 33.2 Å². The first kappa shape index (κ1) is 20.2. The van der Waals surface area contributed by atoms with Crippen molar-refractivity contribution in [3.63, 3.8) is 0 Å². The number of aromatic amines is 1. The number of amides is 1. The van der Waals surface area contributed by atoms with Gasteiger partial charge in [-0.25, -0.2) is 0 Å². The maximum Gasteiger partial charge on any atom is 0.261 e. The molecule has 0 bridgehead atoms. The Labute approximate surface area is 187 Å². The number of rotatable bonds is 5. The second-order valence-corrected chi connectivity index (χ2v) is 8.10. The van der Waals surface area contributed by atoms with E-state index < -0.39 is 0 Å². The Morgan fingerprint density at radius 3 is 2.81 bits per heavy atom. The Bertz CT molecular complexity index is 1270. The summed E-state index contributed by atoms with van der Waals surface area (Å²) in [5.41, 5.74) is 6.05. The van der Waals surface area contributed by atoms with E-state index in [1.165, 1.54) is 10.9 Å². The van der Waals surface area contributed by atoms with E-state index in [1.807, 2.05) is 55.1 Å². The van der Waals surface area contributed by atoms with E-state index in [0.717, 1.165) is 41.1 Å². The lowest BCUT2D eigenvalue weighted by Crippen LogP contribution is -2.43. The van der Waals surface area contributed by atoms with Crippen molar-refractivity contribution in [3.8, 4) is 5.75 Å². The molecule has 0 fully saturated rings. The number of fused-ring (bicyclic) bond motifs is 3. The van der Waals surface area contributed by atoms with Gasteiger partial charge in [0.1, 0.15) is 11.8 Å². The van der Waals surface area contributed by atoms with Gasteiger partial charge in [-0.2, -0.15) is 0 Å². The van der Waals surface area contributed by atoms with Crippen LogP contribution in [0.15, 0.2) is 60.8 Å². The number of benzene rings is 1. The van der Waals surface area contributed by atoms with Gasteiger partial charge in [0.15, 0.2) is 6.61 Å². The summed E-state index contributed by atoms with van der Waals surface area (Å²) in [6.07, 6.45) is 3.32. The highest BCUT2D eigenvalue weighted by Gasteiger charge is 2.35. The highest BCUT2D eigenvalue weighted by atomic mass is 16.5. The molecule has 1 amide bonds. The summed E-state index contributed by atoms with van der Waals surface area (Å²) in [6, 6.07) is 17.7. The minimum atomic E-state index is -0.273. The van der Waals surface area contributed by atoms with E-state index in [0.29, 0.717) is 12.3 Å². The van der Waals surface area contributed by atoms with Crippen LogP contribution in [0.1, 0.15) is 41.3 Å². The van der Waals surface area contributed by atoms with E-state index >= 15 is 0 Å². The minimum absolute atomic E-state index is 0.0311. The highest BCUT2D eigenvalue weighted by Crippen LogP contribution is 2.37. The molecule has 0 saturated heterocycles. The summed E-state index contributed by atoms with van der Waals surface area (Å²) in [7, 11) is 0. The molecule has 5 rings (SSSR count). The standard InChI is InChI=1S/C26H26N4O2/c1-3-20-23(12-11-17(2)28-20)32-16-24(31)30-15-13-19-18-8-4-5-9-21(18)29-25(19)26(30)22-10-6-7-14-27-22/h4-12,14,26,29H,3,13,15-16H2,1-2H3/t26-/m0/s1. The van der Waals surface area contributed by atoms with Crippen molar-refractivity contribution in [2.24, 2.45) is 0 Å². The predicted molar refractivity (Wildman–Crippen MR) is 124 cm³/mol. The third-order valence-corrected chi connectivity index (χ3v) is 6.08. The topological polar surface area (TPSA) is 71.1 Å². The lowest BCUT2D eigenvalue weighted by molar-refractivity contribution is -0.135. The normalized spacial score (nSPS) is 15.6. The van der Waals surface area contributed by atoms with Crippen LogP contribution in [0, 0.1) is 6.92 Å². The van der Waals surface area contributed by atoms with Crippen LogP contribution in [0.3, 0.4) is 0 Å². The average molecular weight is 427 g/mol. The van der Waals surface area contributed by atoms with Crippen molar-refractivity contribution in [2.75, 3.05) is 13.2 Å². The summed E-state index contributed by atoms with van der Waals surface area (Å²) in [5, 5.41) is 1.21. The molecule has 0 aliphatic carbocycles. The van der Waals surface area contributed by atoms with Crippen LogP contribution in [-0.4, -0.2) is 38.9 Å². The summed E-state index contributed by atoms with van der Waals surface area (Å²) >= 11 is 0. The number of hydrogen-bond donors (Lipinski definition) is 1. The second kappa shape index (κ2) is 8.46. The summed E-state index contributed by atoms with van der Waals surface area (Å²) in [4.78, 5) is 28.0. The third kappa shape index (κ3) is 3.62. The Kier molecular flexibility index (Phi) is 5.35. The molecule has 4 heterocycles. The lowest BCUT2D eigenvalue weighted by atomic mass is 9.95. The van der Waals surface area contributed by atoms with Gasteiger partial charge in [-0.1, -0.05) is 31.2 Å². The number of carbonyl (C=O) groups is 1. The smallest absolute Gasteiger partial charge is 0.261 e. The van der Waals surface area contributed by atoms with Crippen LogP contribution in [0.2, 0.25) is 0 Å². The molecular formula is C26H26N4O2. The molecule has 1 aliphatic heterocycles. The molecule has 4 aromatic rings. The van der Waals surface area contributed by atoms with E-state index in [1.54, 1.807) is 6.20 Å². The van der Waals surface area contributed by atoms with Crippen LogP contribution in [0.5, 0.6) is 5.75 Å². The molecule has 0 unspecified atom stereocenters. The zero-order chi connectivity index (χ0) is 22.1. The number of aromatic nitrogens is 3. The van der Waals surface area contributed by atoms with Crippen molar-refractivity contribution in [1.82, 2.24) is 19.9 Å². The van der Waals surface area contributed by atoms with E-state index in [9.17, 15) is 4.79 Å². The summed E-state index contributed by atoms with van der Waals surface area (Å²) in [6.45, 7) is 4.58. The summed E-state index contributed by atoms with van der Waals surface area (Å²) in [5.74, 6) is 0.608. The van der Waals surface area contributed by atoms with E-state index in [4.69, 9.17) is 4.74 Å². The van der Waals surface area contributed by atoms with Gasteiger partial charge in [0.25, 0.3) is 5.91 Å². The van der Waals surface area contributed by atoms with Crippen LogP contribution < -0.4 is 4.74 Å². The van der Waals surface area contributed by atoms with Crippen molar-refractivity contribution in [3.05, 3.63) is 89.1 Å². The number of hydrogen-bond acceptors (Lipinski definition) is 4. The maximum absolute atomic E-state index is 13.4. The lowest BCUT2D eigenvalue weighted by Gasteiger charge is -2.35. The number of aryl methyl sites for hydroxylation is 2. The van der Waals surface area contributed by atoms with Gasteiger partial charge in [0.05, 0.1) is 11.4 Å². The number of carbonyl (C=O) groups excluding carboxylic acids is 1. The second-order valence-electron chi connectivity index (χ2n) is 8.10. The van der Waals surface area contributed by atoms with Crippen LogP contribution >= 0.6 is 0 Å². The molecule has 162 valence electrons. The molecule has 32 heavy (non-hydrogen) atoms. The molecule has 6 nitrogen and oxygen atoms in total. The molecule has 0 saturated carbocycles. The fourth-order valence-corrected chi connectivity index (χ4v) is 4.56. The fourth-order valence-electron chi connectivity index (χ4n) is 4.56. The van der Waals surface area contributed by atoms with Crippen LogP contribution in [0.25, 0.3) is 10.9 Å². The van der Waals surface area contributed by atoms with Crippen LogP contribution in [0.4, 0.5) is 0 Å². The highest BCUT2D eigenvalue weighted by molar-refractivity contribution is 5.86. The molecule has 1 aromatic carbocycles. The van der Waals surface area contributed by atoms with Crippen LogP contribution in [-0.2, 0) is 17.6 Å². The predicted octanol–water partition coefficient (Wildman–Crippen LogP) is 4.38. The zero-order valence-electron chi connectivity index (χ0n) is 18.3. The molecule has 1 aliphatic rings. The Morgan fingerprint density at radius 1 is 1.16 bits per heavy atom. The Hall–Kier alpha value is -3.67. The van der Waals surface area contributed by atoms with Gasteiger partial charge >= 0.3 is 0 Å². The van der Waals surface area contributed by atoms with E-state index in [-0.39, 0.29) is 18.6 Å². The number of pyridine rings is 2. The molecule has 1 N–H and O–H groups in total. The van der Waals surface area contributed by atoms with Gasteiger partial charge in [-0.05, 0) is 55.7 Å². The molecule has 3 aromatic heterocycles. The molecular weight excluding hydrogens is 400 g/mol. The van der Waals surface area contributed by atoms with Crippen molar-refractivity contribution >= 4 is 16.8 Å². The quantitative estimate of drug-likeness (QED) is 0.514. The first-order valence-electron chi connectivity index (χ1n) is 11.0. The zero-order valence-corrected chi connectivity index (χ0v) is 18.3. The Morgan fingerprint density at radius 2 is 2.00 bits per heavy atom. The monoisotopic (exact) mass is 426 g/mol. The number of H-pyrrole nitrogens is 1. The van der Waals surface area contributed by atoms with Crippen molar-refractivity contribution < 1.29 is 9.53 Å². The first-order valence-corrected chi connectivity index (χ1v) is 11.0. The SMILES string of the molecule is CCc1nc(C)ccc1OCC(=O)N1CCc2c([nH]c3ccccc23)[C@@H]1c1ccccn1. The van der Waals surface area contributed by atoms with Gasteiger partial charge in [0.2, 0.25) is 0 Å². The largest absolute Gasteiger partial charge is 0.482 e. The molecule has 6 heteroatoms. The van der Waals surface area contributed by atoms with Gasteiger partial charge in [0, 0.05) is 35.0 Å². The first-order chi connectivity index (χ1) is 15.7. The summed E-state index contributed by atoms with van der Waals surface area (Å²) < 4.78 is 5.94. The number of nitrogens with zero attached hydrogens (tertiary/aromatic N) is 3. The van der Waals surface area contributed by atoms with Crippen molar-refractivity contribution in [2.45, 2.75) is 32.7 Å².